The number of aryl methyl sites for hydroxylation is 1. The molecule has 2 N–H and O–H groups in total. The van der Waals surface area contributed by atoms with Crippen molar-refractivity contribution in [3.8, 4) is 22.4 Å². The molecule has 0 aliphatic rings. The van der Waals surface area contributed by atoms with Gasteiger partial charge in [0.05, 0.1) is 11.2 Å². The minimum absolute atomic E-state index is 0.0811. The molecule has 4 nitrogen and oxygen atoms in total. The van der Waals surface area contributed by atoms with E-state index in [1.54, 1.807) is 6.07 Å². The van der Waals surface area contributed by atoms with Crippen LogP contribution in [0.1, 0.15) is 18.4 Å². The molecule has 156 valence electrons. The van der Waals surface area contributed by atoms with Gasteiger partial charge in [-0.1, -0.05) is 54.1 Å². The number of pyridine rings is 1. The van der Waals surface area contributed by atoms with Crippen molar-refractivity contribution in [2.24, 2.45) is 0 Å². The highest BCUT2D eigenvalue weighted by molar-refractivity contribution is 5.94. The standard InChI is InChI=1S/C26H23FN2O2/c1-17-4-6-18(7-5-17)19-8-10-20(11-9-19)24-16-25(28-14-2-3-26(30)31)22-15-21(27)12-13-23(22)29-24/h4-13,15-16H,2-3,14H2,1H3,(H,28,29)(H,30,31). The molecule has 0 saturated carbocycles. The zero-order chi connectivity index (χ0) is 21.8. The Morgan fingerprint density at radius 2 is 1.58 bits per heavy atom. The van der Waals surface area contributed by atoms with Gasteiger partial charge >= 0.3 is 5.97 Å². The second kappa shape index (κ2) is 8.96. The summed E-state index contributed by atoms with van der Waals surface area (Å²) in [6.45, 7) is 2.55. The van der Waals surface area contributed by atoms with Crippen molar-refractivity contribution in [2.75, 3.05) is 11.9 Å². The summed E-state index contributed by atoms with van der Waals surface area (Å²) in [7, 11) is 0. The van der Waals surface area contributed by atoms with E-state index in [0.717, 1.165) is 28.1 Å². The topological polar surface area (TPSA) is 62.2 Å². The number of hydrogen-bond acceptors (Lipinski definition) is 3. The highest BCUT2D eigenvalue weighted by atomic mass is 19.1. The van der Waals surface area contributed by atoms with E-state index in [0.29, 0.717) is 23.9 Å². The van der Waals surface area contributed by atoms with E-state index in [9.17, 15) is 9.18 Å². The molecule has 0 spiro atoms. The zero-order valence-electron chi connectivity index (χ0n) is 17.2. The van der Waals surface area contributed by atoms with Crippen molar-refractivity contribution >= 4 is 22.6 Å². The number of carbonyl (C=O) groups is 1. The summed E-state index contributed by atoms with van der Waals surface area (Å²) < 4.78 is 13.8. The average molecular weight is 414 g/mol. The van der Waals surface area contributed by atoms with Gasteiger partial charge in [-0.3, -0.25) is 4.79 Å². The Balaban J connectivity index is 1.65. The first-order valence-corrected chi connectivity index (χ1v) is 10.2. The molecular weight excluding hydrogens is 391 g/mol. The molecule has 4 aromatic rings. The summed E-state index contributed by atoms with van der Waals surface area (Å²) in [4.78, 5) is 15.5. The van der Waals surface area contributed by atoms with Crippen LogP contribution in [0.5, 0.6) is 0 Å². The molecular formula is C26H23FN2O2. The molecule has 0 amide bonds. The fraction of sp³-hybridized carbons (Fsp3) is 0.154. The lowest BCUT2D eigenvalue weighted by molar-refractivity contribution is -0.137. The number of halogens is 1. The maximum atomic E-state index is 13.8. The van der Waals surface area contributed by atoms with Crippen LogP contribution in [-0.4, -0.2) is 22.6 Å². The van der Waals surface area contributed by atoms with E-state index in [2.05, 4.69) is 48.6 Å². The highest BCUT2D eigenvalue weighted by Gasteiger charge is 2.10. The molecule has 4 rings (SSSR count). The number of rotatable bonds is 7. The number of aliphatic carboxylic acids is 1. The van der Waals surface area contributed by atoms with Crippen LogP contribution in [0.2, 0.25) is 0 Å². The Kier molecular flexibility index (Phi) is 5.94. The summed E-state index contributed by atoms with van der Waals surface area (Å²) in [5, 5.41) is 12.8. The predicted octanol–water partition coefficient (Wildman–Crippen LogP) is 6.29. The van der Waals surface area contributed by atoms with Crippen molar-refractivity contribution in [3.05, 3.63) is 84.2 Å². The number of nitrogens with zero attached hydrogens (tertiary/aromatic N) is 1. The fourth-order valence-electron chi connectivity index (χ4n) is 3.53. The largest absolute Gasteiger partial charge is 0.481 e. The number of carboxylic acid groups (broad SMARTS) is 1. The monoisotopic (exact) mass is 414 g/mol. The first-order chi connectivity index (χ1) is 15.0. The van der Waals surface area contributed by atoms with Gasteiger partial charge in [0.15, 0.2) is 0 Å². The van der Waals surface area contributed by atoms with Gasteiger partial charge in [0.25, 0.3) is 0 Å². The highest BCUT2D eigenvalue weighted by Crippen LogP contribution is 2.30. The van der Waals surface area contributed by atoms with Gasteiger partial charge < -0.3 is 10.4 Å². The number of anilines is 1. The molecule has 0 saturated heterocycles. The first-order valence-electron chi connectivity index (χ1n) is 10.2. The summed E-state index contributed by atoms with van der Waals surface area (Å²) in [6, 6.07) is 23.0. The van der Waals surface area contributed by atoms with Gasteiger partial charge in [-0.05, 0) is 48.7 Å². The maximum Gasteiger partial charge on any atom is 0.303 e. The van der Waals surface area contributed by atoms with E-state index < -0.39 is 5.97 Å². The SMILES string of the molecule is Cc1ccc(-c2ccc(-c3cc(NCCCC(=O)O)c4cc(F)ccc4n3)cc2)cc1. The molecule has 0 unspecified atom stereocenters. The predicted molar refractivity (Wildman–Crippen MR) is 123 cm³/mol. The van der Waals surface area contributed by atoms with Crippen LogP contribution in [0.15, 0.2) is 72.8 Å². The van der Waals surface area contributed by atoms with E-state index >= 15 is 0 Å². The molecule has 0 radical (unpaired) electrons. The second-order valence-corrected chi connectivity index (χ2v) is 7.58. The average Bonchev–Trinajstić information content (AvgIpc) is 2.77. The van der Waals surface area contributed by atoms with Gasteiger partial charge in [-0.2, -0.15) is 0 Å². The van der Waals surface area contributed by atoms with Crippen LogP contribution in [0.25, 0.3) is 33.3 Å². The molecule has 5 heteroatoms. The molecule has 1 heterocycles. The van der Waals surface area contributed by atoms with Crippen LogP contribution in [0.3, 0.4) is 0 Å². The Morgan fingerprint density at radius 1 is 0.935 bits per heavy atom. The van der Waals surface area contributed by atoms with Crippen LogP contribution >= 0.6 is 0 Å². The number of fused-ring (bicyclic) bond motifs is 1. The first kappa shape index (κ1) is 20.5. The number of aromatic nitrogens is 1. The molecule has 0 fully saturated rings. The van der Waals surface area contributed by atoms with Crippen LogP contribution in [0, 0.1) is 12.7 Å². The second-order valence-electron chi connectivity index (χ2n) is 7.58. The lowest BCUT2D eigenvalue weighted by Gasteiger charge is -2.12. The smallest absolute Gasteiger partial charge is 0.303 e. The molecule has 0 aliphatic carbocycles. The van der Waals surface area contributed by atoms with E-state index in [-0.39, 0.29) is 12.2 Å². The number of nitrogens with one attached hydrogen (secondary N) is 1. The quantitative estimate of drug-likeness (QED) is 0.349. The number of benzene rings is 3. The summed E-state index contributed by atoms with van der Waals surface area (Å²) >= 11 is 0. The number of hydrogen-bond donors (Lipinski definition) is 2. The van der Waals surface area contributed by atoms with Gasteiger partial charge in [0.2, 0.25) is 0 Å². The van der Waals surface area contributed by atoms with Crippen LogP contribution in [-0.2, 0) is 4.79 Å². The Labute approximate surface area is 180 Å². The molecule has 0 atom stereocenters. The summed E-state index contributed by atoms with van der Waals surface area (Å²) in [5.74, 6) is -1.17. The van der Waals surface area contributed by atoms with E-state index in [1.165, 1.54) is 17.7 Å². The minimum atomic E-state index is -0.832. The van der Waals surface area contributed by atoms with Gasteiger partial charge in [-0.25, -0.2) is 9.37 Å². The van der Waals surface area contributed by atoms with E-state index in [4.69, 9.17) is 10.1 Å². The third-order valence-corrected chi connectivity index (χ3v) is 5.22. The Bertz CT molecular complexity index is 1220. The lowest BCUT2D eigenvalue weighted by atomic mass is 10.0. The van der Waals surface area contributed by atoms with Crippen LogP contribution < -0.4 is 5.32 Å². The molecule has 3 aromatic carbocycles. The molecule has 31 heavy (non-hydrogen) atoms. The zero-order valence-corrected chi connectivity index (χ0v) is 17.2. The van der Waals surface area contributed by atoms with E-state index in [1.807, 2.05) is 18.2 Å². The Hall–Kier alpha value is -3.73. The molecule has 0 bridgehead atoms. The third-order valence-electron chi connectivity index (χ3n) is 5.22. The van der Waals surface area contributed by atoms with Gasteiger partial charge in [0, 0.05) is 29.6 Å². The van der Waals surface area contributed by atoms with Crippen LogP contribution in [0.4, 0.5) is 10.1 Å². The molecule has 1 aromatic heterocycles. The maximum absolute atomic E-state index is 13.8. The summed E-state index contributed by atoms with van der Waals surface area (Å²) in [5.41, 5.74) is 6.65. The summed E-state index contributed by atoms with van der Waals surface area (Å²) in [6.07, 6.45) is 0.562. The Morgan fingerprint density at radius 3 is 2.26 bits per heavy atom. The van der Waals surface area contributed by atoms with Crippen molar-refractivity contribution in [3.63, 3.8) is 0 Å². The van der Waals surface area contributed by atoms with Gasteiger partial charge in [-0.15, -0.1) is 0 Å². The molecule has 0 aliphatic heterocycles. The number of carboxylic acids is 1. The van der Waals surface area contributed by atoms with Crippen molar-refractivity contribution in [1.29, 1.82) is 0 Å². The van der Waals surface area contributed by atoms with Gasteiger partial charge in [0.1, 0.15) is 5.82 Å². The fourth-order valence-corrected chi connectivity index (χ4v) is 3.53. The normalized spacial score (nSPS) is 10.9. The lowest BCUT2D eigenvalue weighted by Crippen LogP contribution is -2.06. The minimum Gasteiger partial charge on any atom is -0.481 e. The van der Waals surface area contributed by atoms with Crippen molar-refractivity contribution in [2.45, 2.75) is 19.8 Å². The van der Waals surface area contributed by atoms with Crippen molar-refractivity contribution in [1.82, 2.24) is 4.98 Å². The van der Waals surface area contributed by atoms with Crippen molar-refractivity contribution < 1.29 is 14.3 Å². The third kappa shape index (κ3) is 4.89.